The molecular formula is C11H19N3O2. The van der Waals surface area contributed by atoms with Crippen molar-refractivity contribution in [2.24, 2.45) is 5.92 Å². The molecule has 2 N–H and O–H groups in total. The highest BCUT2D eigenvalue weighted by molar-refractivity contribution is 5.38. The number of methoxy groups -OCH3 is 1. The predicted molar refractivity (Wildman–Crippen MR) is 62.7 cm³/mol. The molecule has 0 saturated heterocycles. The Morgan fingerprint density at radius 3 is 2.88 bits per heavy atom. The zero-order valence-corrected chi connectivity index (χ0v) is 10.0. The van der Waals surface area contributed by atoms with E-state index in [4.69, 9.17) is 9.84 Å². The van der Waals surface area contributed by atoms with Crippen molar-refractivity contribution in [1.82, 2.24) is 9.97 Å². The molecule has 90 valence electrons. The van der Waals surface area contributed by atoms with Crippen LogP contribution >= 0.6 is 0 Å². The van der Waals surface area contributed by atoms with E-state index in [0.29, 0.717) is 17.6 Å². The van der Waals surface area contributed by atoms with Gasteiger partial charge in [-0.15, -0.1) is 0 Å². The second-order valence-corrected chi connectivity index (χ2v) is 3.84. The van der Waals surface area contributed by atoms with Gasteiger partial charge in [0.2, 0.25) is 5.88 Å². The van der Waals surface area contributed by atoms with Gasteiger partial charge in [0.15, 0.2) is 0 Å². The molecule has 0 radical (unpaired) electrons. The second kappa shape index (κ2) is 6.27. The fourth-order valence-corrected chi connectivity index (χ4v) is 1.34. The SMILES string of the molecule is COc1cc(NCC(C)CCO)nc(C)n1. The number of hydrogen-bond acceptors (Lipinski definition) is 5. The van der Waals surface area contributed by atoms with Crippen LogP contribution in [0.25, 0.3) is 0 Å². The van der Waals surface area contributed by atoms with Gasteiger partial charge in [0, 0.05) is 19.2 Å². The molecule has 1 atom stereocenters. The molecule has 5 nitrogen and oxygen atoms in total. The minimum Gasteiger partial charge on any atom is -0.481 e. The van der Waals surface area contributed by atoms with Gasteiger partial charge < -0.3 is 15.2 Å². The first-order valence-corrected chi connectivity index (χ1v) is 5.40. The van der Waals surface area contributed by atoms with Crippen LogP contribution in [0.1, 0.15) is 19.2 Å². The van der Waals surface area contributed by atoms with Crippen molar-refractivity contribution in [1.29, 1.82) is 0 Å². The number of nitrogens with zero attached hydrogens (tertiary/aromatic N) is 2. The smallest absolute Gasteiger partial charge is 0.218 e. The third-order valence-corrected chi connectivity index (χ3v) is 2.28. The van der Waals surface area contributed by atoms with Crippen LogP contribution in [0.3, 0.4) is 0 Å². The van der Waals surface area contributed by atoms with Gasteiger partial charge in [-0.1, -0.05) is 6.92 Å². The standard InChI is InChI=1S/C11H19N3O2/c1-8(4-5-15)7-12-10-6-11(16-3)14-9(2)13-10/h6,8,15H,4-5,7H2,1-3H3,(H,12,13,14). The molecule has 16 heavy (non-hydrogen) atoms. The predicted octanol–water partition coefficient (Wildman–Crippen LogP) is 1.22. The monoisotopic (exact) mass is 225 g/mol. The average molecular weight is 225 g/mol. The van der Waals surface area contributed by atoms with Gasteiger partial charge in [0.25, 0.3) is 0 Å². The third-order valence-electron chi connectivity index (χ3n) is 2.28. The number of rotatable bonds is 6. The molecule has 0 aromatic carbocycles. The molecule has 1 heterocycles. The van der Waals surface area contributed by atoms with Gasteiger partial charge in [-0.25, -0.2) is 4.98 Å². The largest absolute Gasteiger partial charge is 0.481 e. The molecule has 0 aliphatic heterocycles. The van der Waals surface area contributed by atoms with E-state index < -0.39 is 0 Å². The van der Waals surface area contributed by atoms with Crippen LogP contribution in [-0.4, -0.2) is 35.3 Å². The normalized spacial score (nSPS) is 12.2. The van der Waals surface area contributed by atoms with Crippen molar-refractivity contribution >= 4 is 5.82 Å². The summed E-state index contributed by atoms with van der Waals surface area (Å²) < 4.78 is 5.06. The van der Waals surface area contributed by atoms with E-state index >= 15 is 0 Å². The summed E-state index contributed by atoms with van der Waals surface area (Å²) in [7, 11) is 1.58. The minimum atomic E-state index is 0.217. The summed E-state index contributed by atoms with van der Waals surface area (Å²) >= 11 is 0. The maximum Gasteiger partial charge on any atom is 0.218 e. The van der Waals surface area contributed by atoms with Crippen LogP contribution in [0, 0.1) is 12.8 Å². The molecule has 0 saturated carbocycles. The van der Waals surface area contributed by atoms with Crippen molar-refractivity contribution in [3.63, 3.8) is 0 Å². The number of anilines is 1. The summed E-state index contributed by atoms with van der Waals surface area (Å²) in [4.78, 5) is 8.35. The highest BCUT2D eigenvalue weighted by Crippen LogP contribution is 2.13. The molecule has 0 fully saturated rings. The summed E-state index contributed by atoms with van der Waals surface area (Å²) in [5, 5.41) is 12.0. The van der Waals surface area contributed by atoms with Crippen molar-refractivity contribution in [2.45, 2.75) is 20.3 Å². The quantitative estimate of drug-likeness (QED) is 0.762. The topological polar surface area (TPSA) is 67.3 Å². The third kappa shape index (κ3) is 4.02. The maximum atomic E-state index is 8.79. The van der Waals surface area contributed by atoms with E-state index in [0.717, 1.165) is 18.8 Å². The number of aromatic nitrogens is 2. The number of ether oxygens (including phenoxy) is 1. The van der Waals surface area contributed by atoms with Crippen molar-refractivity contribution < 1.29 is 9.84 Å². The minimum absolute atomic E-state index is 0.217. The molecule has 1 rings (SSSR count). The fourth-order valence-electron chi connectivity index (χ4n) is 1.34. The van der Waals surface area contributed by atoms with E-state index in [9.17, 15) is 0 Å². The van der Waals surface area contributed by atoms with Gasteiger partial charge in [0.1, 0.15) is 11.6 Å². The molecule has 1 aromatic heterocycles. The Bertz CT molecular complexity index is 331. The first kappa shape index (κ1) is 12.7. The van der Waals surface area contributed by atoms with Crippen molar-refractivity contribution in [2.75, 3.05) is 25.6 Å². The van der Waals surface area contributed by atoms with Gasteiger partial charge in [-0.3, -0.25) is 0 Å². The second-order valence-electron chi connectivity index (χ2n) is 3.84. The molecule has 0 amide bonds. The lowest BCUT2D eigenvalue weighted by molar-refractivity contribution is 0.266. The van der Waals surface area contributed by atoms with E-state index in [1.807, 2.05) is 6.92 Å². The van der Waals surface area contributed by atoms with Gasteiger partial charge in [-0.05, 0) is 19.3 Å². The highest BCUT2D eigenvalue weighted by atomic mass is 16.5. The van der Waals surface area contributed by atoms with Crippen LogP contribution in [0.4, 0.5) is 5.82 Å². The lowest BCUT2D eigenvalue weighted by Crippen LogP contribution is -2.14. The lowest BCUT2D eigenvalue weighted by Gasteiger charge is -2.12. The van der Waals surface area contributed by atoms with Gasteiger partial charge in [-0.2, -0.15) is 4.98 Å². The van der Waals surface area contributed by atoms with Crippen LogP contribution in [0.2, 0.25) is 0 Å². The van der Waals surface area contributed by atoms with E-state index in [-0.39, 0.29) is 6.61 Å². The highest BCUT2D eigenvalue weighted by Gasteiger charge is 2.04. The Balaban J connectivity index is 2.56. The lowest BCUT2D eigenvalue weighted by atomic mass is 10.1. The fraction of sp³-hybridized carbons (Fsp3) is 0.636. The van der Waals surface area contributed by atoms with Gasteiger partial charge in [0.05, 0.1) is 7.11 Å². The summed E-state index contributed by atoms with van der Waals surface area (Å²) in [5.74, 6) is 2.40. The van der Waals surface area contributed by atoms with Crippen LogP contribution < -0.4 is 10.1 Å². The molecule has 0 spiro atoms. The number of aryl methyl sites for hydroxylation is 1. The molecule has 0 aliphatic rings. The van der Waals surface area contributed by atoms with Crippen molar-refractivity contribution in [3.05, 3.63) is 11.9 Å². The number of aliphatic hydroxyl groups excluding tert-OH is 1. The van der Waals surface area contributed by atoms with Gasteiger partial charge >= 0.3 is 0 Å². The molecular weight excluding hydrogens is 206 g/mol. The van der Waals surface area contributed by atoms with E-state index in [1.54, 1.807) is 13.2 Å². The summed E-state index contributed by atoms with van der Waals surface area (Å²) in [5.41, 5.74) is 0. The first-order chi connectivity index (χ1) is 7.65. The Labute approximate surface area is 95.9 Å². The summed E-state index contributed by atoms with van der Waals surface area (Å²) in [6.45, 7) is 4.90. The van der Waals surface area contributed by atoms with Crippen LogP contribution in [-0.2, 0) is 0 Å². The first-order valence-electron chi connectivity index (χ1n) is 5.40. The average Bonchev–Trinajstić information content (AvgIpc) is 2.26. The maximum absolute atomic E-state index is 8.79. The molecule has 1 aromatic rings. The molecule has 0 bridgehead atoms. The number of nitrogens with one attached hydrogen (secondary N) is 1. The molecule has 5 heteroatoms. The van der Waals surface area contributed by atoms with Crippen LogP contribution in [0.5, 0.6) is 5.88 Å². The summed E-state index contributed by atoms with van der Waals surface area (Å²) in [6.07, 6.45) is 0.786. The zero-order valence-electron chi connectivity index (χ0n) is 10.0. The molecule has 0 aliphatic carbocycles. The molecule has 1 unspecified atom stereocenters. The zero-order chi connectivity index (χ0) is 12.0. The van der Waals surface area contributed by atoms with Crippen LogP contribution in [0.15, 0.2) is 6.07 Å². The Kier molecular flexibility index (Phi) is 4.98. The Morgan fingerprint density at radius 2 is 2.25 bits per heavy atom. The Morgan fingerprint density at radius 1 is 1.50 bits per heavy atom. The number of hydrogen-bond donors (Lipinski definition) is 2. The summed E-state index contributed by atoms with van der Waals surface area (Å²) in [6, 6.07) is 1.76. The van der Waals surface area contributed by atoms with E-state index in [2.05, 4.69) is 22.2 Å². The van der Waals surface area contributed by atoms with E-state index in [1.165, 1.54) is 0 Å². The number of aliphatic hydroxyl groups is 1. The Hall–Kier alpha value is -1.36. The van der Waals surface area contributed by atoms with Crippen molar-refractivity contribution in [3.8, 4) is 5.88 Å².